The Bertz CT molecular complexity index is 654. The molecule has 0 radical (unpaired) electrons. The molecule has 0 saturated carbocycles. The van der Waals surface area contributed by atoms with Crippen LogP contribution < -0.4 is 15.9 Å². The zero-order valence-electron chi connectivity index (χ0n) is 13.6. The Balaban J connectivity index is 2.33. The molecule has 0 aliphatic rings. The minimum atomic E-state index is -2.34. The Hall–Kier alpha value is -1.23. The van der Waals surface area contributed by atoms with Gasteiger partial charge in [0.1, 0.15) is 0 Å². The number of hydrogen-bond donors (Lipinski definition) is 0. The van der Waals surface area contributed by atoms with E-state index in [2.05, 4.69) is 91.0 Å². The monoisotopic (exact) mass is 374 g/mol. The van der Waals surface area contributed by atoms with E-state index in [0.29, 0.717) is 6.35 Å². The van der Waals surface area contributed by atoms with Crippen LogP contribution in [-0.4, -0.2) is 13.5 Å². The summed E-state index contributed by atoms with van der Waals surface area (Å²) in [5.74, 6) is 0. The van der Waals surface area contributed by atoms with Crippen LogP contribution in [0, 0.1) is 0 Å². The molecule has 0 saturated heterocycles. The number of halogens is 1. The van der Waals surface area contributed by atoms with Gasteiger partial charge < -0.3 is 0 Å². The fourth-order valence-electron chi connectivity index (χ4n) is 3.17. The fourth-order valence-corrected chi connectivity index (χ4v) is 15.2. The van der Waals surface area contributed by atoms with Crippen molar-refractivity contribution in [3.05, 3.63) is 91.0 Å². The number of hydrogen-bond acceptors (Lipinski definition) is 1. The molecule has 0 spiro atoms. The van der Waals surface area contributed by atoms with Crippen molar-refractivity contribution in [2.75, 3.05) is 13.5 Å². The Morgan fingerprint density at radius 1 is 0.708 bits per heavy atom. The molecule has 3 aromatic rings. The second-order valence-corrected chi connectivity index (χ2v) is 15.4. The van der Waals surface area contributed by atoms with Gasteiger partial charge in [-0.1, -0.05) is 0 Å². The molecule has 1 atom stereocenters. The summed E-state index contributed by atoms with van der Waals surface area (Å²) in [6, 6.07) is 32.2. The van der Waals surface area contributed by atoms with E-state index in [1.165, 1.54) is 15.9 Å². The standard InChI is InChI=1S/C20H21ClOP2/c1-22-17-23(21)24(18-11-5-2-6-12-18,19-13-7-3-8-14-19)20-15-9-4-10-16-20/h2-16,24H,17H2,1H3. The Morgan fingerprint density at radius 3 is 1.33 bits per heavy atom. The number of methoxy groups -OCH3 is 1. The second-order valence-electron chi connectivity index (χ2n) is 5.59. The summed E-state index contributed by atoms with van der Waals surface area (Å²) in [5.41, 5.74) is 0. The molecule has 0 aliphatic heterocycles. The third kappa shape index (κ3) is 3.28. The van der Waals surface area contributed by atoms with Crippen molar-refractivity contribution < 1.29 is 4.74 Å². The van der Waals surface area contributed by atoms with E-state index in [4.69, 9.17) is 16.0 Å². The quantitative estimate of drug-likeness (QED) is 0.559. The van der Waals surface area contributed by atoms with Crippen LogP contribution in [0.1, 0.15) is 0 Å². The molecular weight excluding hydrogens is 354 g/mol. The second kappa shape index (κ2) is 8.24. The van der Waals surface area contributed by atoms with Gasteiger partial charge in [0.2, 0.25) is 0 Å². The van der Waals surface area contributed by atoms with Gasteiger partial charge in [0, 0.05) is 0 Å². The van der Waals surface area contributed by atoms with Gasteiger partial charge in [-0.25, -0.2) is 0 Å². The summed E-state index contributed by atoms with van der Waals surface area (Å²) in [7, 11) is 1.73. The summed E-state index contributed by atoms with van der Waals surface area (Å²) >= 11 is 7.11. The minimum absolute atomic E-state index is 0.585. The van der Waals surface area contributed by atoms with Crippen molar-refractivity contribution in [2.45, 2.75) is 0 Å². The molecule has 0 N–H and O–H groups in total. The van der Waals surface area contributed by atoms with Crippen molar-refractivity contribution in [1.82, 2.24) is 0 Å². The van der Waals surface area contributed by atoms with Gasteiger partial charge in [-0.05, 0) is 0 Å². The summed E-state index contributed by atoms with van der Waals surface area (Å²) in [4.78, 5) is 0. The predicted octanol–water partition coefficient (Wildman–Crippen LogP) is 4.87. The van der Waals surface area contributed by atoms with Crippen molar-refractivity contribution >= 4 is 41.1 Å². The van der Waals surface area contributed by atoms with Crippen LogP contribution >= 0.6 is 25.2 Å². The van der Waals surface area contributed by atoms with Crippen molar-refractivity contribution in [3.8, 4) is 0 Å². The summed E-state index contributed by atoms with van der Waals surface area (Å²) in [5, 5.41) is 4.00. The first-order valence-electron chi connectivity index (χ1n) is 7.89. The molecule has 3 rings (SSSR count). The number of benzene rings is 3. The van der Waals surface area contributed by atoms with Gasteiger partial charge in [-0.3, -0.25) is 0 Å². The first-order chi connectivity index (χ1) is 11.8. The van der Waals surface area contributed by atoms with E-state index in [1.54, 1.807) is 7.11 Å². The summed E-state index contributed by atoms with van der Waals surface area (Å²) in [6.07, 6.45) is 0.585. The maximum absolute atomic E-state index is 7.11. The zero-order valence-corrected chi connectivity index (χ0v) is 16.3. The van der Waals surface area contributed by atoms with Gasteiger partial charge in [-0.2, -0.15) is 0 Å². The fraction of sp³-hybridized carbons (Fsp3) is 0.100. The molecule has 1 nitrogen and oxygen atoms in total. The van der Waals surface area contributed by atoms with Gasteiger partial charge in [0.05, 0.1) is 0 Å². The molecule has 0 bridgehead atoms. The normalized spacial score (nSPS) is 13.4. The van der Waals surface area contributed by atoms with Crippen LogP contribution in [0.3, 0.4) is 0 Å². The van der Waals surface area contributed by atoms with E-state index in [9.17, 15) is 0 Å². The summed E-state index contributed by atoms with van der Waals surface area (Å²) < 4.78 is 5.51. The van der Waals surface area contributed by atoms with E-state index in [-0.39, 0.29) is 0 Å². The molecule has 0 heterocycles. The third-order valence-corrected chi connectivity index (χ3v) is 16.4. The SMILES string of the molecule is COCP(Cl)[PH](c1ccccc1)(c1ccccc1)c1ccccc1. The molecule has 124 valence electrons. The number of rotatable bonds is 6. The van der Waals surface area contributed by atoms with Crippen LogP contribution in [0.25, 0.3) is 0 Å². The molecule has 0 aromatic heterocycles. The van der Waals surface area contributed by atoms with Crippen molar-refractivity contribution in [2.24, 2.45) is 0 Å². The molecule has 0 aliphatic carbocycles. The van der Waals surface area contributed by atoms with E-state index in [0.717, 1.165) is 0 Å². The van der Waals surface area contributed by atoms with E-state index < -0.39 is 13.9 Å². The van der Waals surface area contributed by atoms with E-state index >= 15 is 0 Å². The topological polar surface area (TPSA) is 9.23 Å². The Morgan fingerprint density at radius 2 is 1.04 bits per heavy atom. The van der Waals surface area contributed by atoms with Crippen LogP contribution in [0.4, 0.5) is 0 Å². The molecule has 4 heteroatoms. The van der Waals surface area contributed by atoms with Crippen LogP contribution in [0.15, 0.2) is 91.0 Å². The molecule has 0 amide bonds. The average molecular weight is 375 g/mol. The van der Waals surface area contributed by atoms with Crippen molar-refractivity contribution in [1.29, 1.82) is 0 Å². The van der Waals surface area contributed by atoms with Crippen LogP contribution in [-0.2, 0) is 4.74 Å². The van der Waals surface area contributed by atoms with Crippen LogP contribution in [0.2, 0.25) is 0 Å². The molecule has 1 unspecified atom stereocenters. The van der Waals surface area contributed by atoms with Crippen molar-refractivity contribution in [3.63, 3.8) is 0 Å². The maximum atomic E-state index is 7.11. The first-order valence-corrected chi connectivity index (χ1v) is 13.2. The van der Waals surface area contributed by atoms with Gasteiger partial charge in [0.25, 0.3) is 0 Å². The summed E-state index contributed by atoms with van der Waals surface area (Å²) in [6.45, 7) is -3.21. The Labute approximate surface area is 150 Å². The number of ether oxygens (including phenoxy) is 1. The average Bonchev–Trinajstić information content (AvgIpc) is 2.65. The first kappa shape index (κ1) is 17.6. The van der Waals surface area contributed by atoms with Gasteiger partial charge >= 0.3 is 150 Å². The Kier molecular flexibility index (Phi) is 6.04. The third-order valence-electron chi connectivity index (χ3n) is 4.18. The molecule has 3 aromatic carbocycles. The molecule has 0 fully saturated rings. The van der Waals surface area contributed by atoms with Gasteiger partial charge in [-0.15, -0.1) is 0 Å². The molecule has 24 heavy (non-hydrogen) atoms. The van der Waals surface area contributed by atoms with Gasteiger partial charge in [0.15, 0.2) is 0 Å². The molecular formula is C20H21ClOP2. The zero-order chi connectivity index (χ0) is 16.8. The van der Waals surface area contributed by atoms with Crippen LogP contribution in [0.5, 0.6) is 0 Å². The predicted molar refractivity (Wildman–Crippen MR) is 111 cm³/mol. The van der Waals surface area contributed by atoms with E-state index in [1.807, 2.05) is 0 Å².